The fourth-order valence-corrected chi connectivity index (χ4v) is 4.32. The van der Waals surface area contributed by atoms with Crippen LogP contribution in [0.25, 0.3) is 0 Å². The van der Waals surface area contributed by atoms with Gasteiger partial charge >= 0.3 is 0 Å². The summed E-state index contributed by atoms with van der Waals surface area (Å²) in [7, 11) is 1.94. The molecule has 0 N–H and O–H groups in total. The lowest BCUT2D eigenvalue weighted by atomic mass is 9.81. The fourth-order valence-electron chi connectivity index (χ4n) is 4.32. The van der Waals surface area contributed by atoms with Crippen LogP contribution in [0.4, 0.5) is 0 Å². The fraction of sp³-hybridized carbons (Fsp3) is 0.778. The molecule has 1 aliphatic heterocycles. The highest BCUT2D eigenvalue weighted by Crippen LogP contribution is 2.35. The van der Waals surface area contributed by atoms with Crippen LogP contribution in [0.2, 0.25) is 0 Å². The highest BCUT2D eigenvalue weighted by molar-refractivity contribution is 5.92. The maximum absolute atomic E-state index is 13.0. The molecule has 0 radical (unpaired) electrons. The summed E-state index contributed by atoms with van der Waals surface area (Å²) in [5, 5.41) is 4.50. The first-order chi connectivity index (χ1) is 10.6. The van der Waals surface area contributed by atoms with E-state index >= 15 is 0 Å². The van der Waals surface area contributed by atoms with Crippen molar-refractivity contribution in [1.82, 2.24) is 14.7 Å². The first kappa shape index (κ1) is 15.6. The lowest BCUT2D eigenvalue weighted by Gasteiger charge is -2.38. The number of amides is 1. The van der Waals surface area contributed by atoms with Crippen molar-refractivity contribution in [3.05, 3.63) is 17.5 Å². The Labute approximate surface area is 133 Å². The van der Waals surface area contributed by atoms with Gasteiger partial charge in [-0.1, -0.05) is 33.1 Å². The Kier molecular flexibility index (Phi) is 4.55. The second kappa shape index (κ2) is 6.43. The van der Waals surface area contributed by atoms with Crippen LogP contribution in [0, 0.1) is 5.92 Å². The van der Waals surface area contributed by atoms with E-state index in [4.69, 9.17) is 0 Å². The number of nitrogens with zero attached hydrogens (tertiary/aromatic N) is 3. The van der Waals surface area contributed by atoms with Gasteiger partial charge in [0.2, 0.25) is 0 Å². The maximum Gasteiger partial charge on any atom is 0.274 e. The van der Waals surface area contributed by atoms with Gasteiger partial charge in [-0.25, -0.2) is 0 Å². The average molecular weight is 303 g/mol. The van der Waals surface area contributed by atoms with Gasteiger partial charge in [-0.15, -0.1) is 0 Å². The topological polar surface area (TPSA) is 38.1 Å². The van der Waals surface area contributed by atoms with Gasteiger partial charge < -0.3 is 4.90 Å². The Balaban J connectivity index is 1.84. The molecule has 1 aliphatic carbocycles. The van der Waals surface area contributed by atoms with Gasteiger partial charge in [0.1, 0.15) is 0 Å². The summed E-state index contributed by atoms with van der Waals surface area (Å²) in [6.07, 6.45) is 8.80. The Hall–Kier alpha value is -1.32. The third-order valence-electron chi connectivity index (χ3n) is 5.48. The van der Waals surface area contributed by atoms with Gasteiger partial charge in [-0.3, -0.25) is 9.48 Å². The molecule has 0 aromatic carbocycles. The zero-order valence-corrected chi connectivity index (χ0v) is 14.2. The first-order valence-corrected chi connectivity index (χ1v) is 8.93. The van der Waals surface area contributed by atoms with Gasteiger partial charge in [0.05, 0.1) is 0 Å². The van der Waals surface area contributed by atoms with Crippen molar-refractivity contribution in [3.8, 4) is 0 Å². The molecule has 4 heteroatoms. The second-order valence-electron chi connectivity index (χ2n) is 7.34. The quantitative estimate of drug-likeness (QED) is 0.835. The van der Waals surface area contributed by atoms with E-state index in [-0.39, 0.29) is 5.91 Å². The van der Waals surface area contributed by atoms with Crippen LogP contribution in [-0.4, -0.2) is 33.2 Å². The summed E-state index contributed by atoms with van der Waals surface area (Å²) in [6, 6.07) is 2.45. The molecule has 0 bridgehead atoms. The molecule has 122 valence electrons. The highest BCUT2D eigenvalue weighted by atomic mass is 16.2. The largest absolute Gasteiger partial charge is 0.334 e. The number of likely N-dealkylation sites (tertiary alicyclic amines) is 1. The zero-order valence-electron chi connectivity index (χ0n) is 14.2. The van der Waals surface area contributed by atoms with E-state index < -0.39 is 0 Å². The van der Waals surface area contributed by atoms with Crippen molar-refractivity contribution in [2.45, 2.75) is 70.8 Å². The molecule has 22 heavy (non-hydrogen) atoms. The molecule has 1 aromatic heterocycles. The SMILES string of the molecule is CC(C)c1cc(C(=O)N2CCCC[C@H]3CCCC[C@H]32)nn1C. The molecule has 2 atom stereocenters. The molecule has 1 saturated heterocycles. The van der Waals surface area contributed by atoms with Crippen LogP contribution in [0.15, 0.2) is 6.07 Å². The molecule has 0 spiro atoms. The number of hydrogen-bond donors (Lipinski definition) is 0. The summed E-state index contributed by atoms with van der Waals surface area (Å²) in [5.74, 6) is 1.26. The Morgan fingerprint density at radius 1 is 1.18 bits per heavy atom. The van der Waals surface area contributed by atoms with Crippen LogP contribution in [0.3, 0.4) is 0 Å². The summed E-state index contributed by atoms with van der Waals surface area (Å²) in [6.45, 7) is 5.20. The van der Waals surface area contributed by atoms with Crippen molar-refractivity contribution >= 4 is 5.91 Å². The number of hydrogen-bond acceptors (Lipinski definition) is 2. The molecule has 1 aromatic rings. The van der Waals surface area contributed by atoms with Gasteiger partial charge in [0.15, 0.2) is 5.69 Å². The minimum Gasteiger partial charge on any atom is -0.334 e. The lowest BCUT2D eigenvalue weighted by Crippen LogP contribution is -2.45. The van der Waals surface area contributed by atoms with E-state index in [9.17, 15) is 4.79 Å². The van der Waals surface area contributed by atoms with Crippen LogP contribution in [0.5, 0.6) is 0 Å². The van der Waals surface area contributed by atoms with Crippen LogP contribution < -0.4 is 0 Å². The Bertz CT molecular complexity index is 534. The maximum atomic E-state index is 13.0. The zero-order chi connectivity index (χ0) is 15.7. The van der Waals surface area contributed by atoms with E-state index in [1.54, 1.807) is 0 Å². The van der Waals surface area contributed by atoms with E-state index in [1.807, 2.05) is 17.8 Å². The van der Waals surface area contributed by atoms with Gasteiger partial charge in [0.25, 0.3) is 5.91 Å². The average Bonchev–Trinajstić information content (AvgIpc) is 2.77. The molecule has 1 saturated carbocycles. The van der Waals surface area contributed by atoms with Crippen LogP contribution in [-0.2, 0) is 7.05 Å². The molecule has 2 fully saturated rings. The molecular weight excluding hydrogens is 274 g/mol. The van der Waals surface area contributed by atoms with Crippen molar-refractivity contribution in [1.29, 1.82) is 0 Å². The van der Waals surface area contributed by atoms with Gasteiger partial charge in [-0.2, -0.15) is 5.10 Å². The van der Waals surface area contributed by atoms with Crippen molar-refractivity contribution in [2.24, 2.45) is 13.0 Å². The third-order valence-corrected chi connectivity index (χ3v) is 5.48. The minimum atomic E-state index is 0.154. The molecule has 3 rings (SSSR count). The lowest BCUT2D eigenvalue weighted by molar-refractivity contribution is 0.0562. The number of rotatable bonds is 2. The van der Waals surface area contributed by atoms with E-state index in [1.165, 1.54) is 38.5 Å². The molecule has 2 heterocycles. The number of aryl methyl sites for hydroxylation is 1. The third kappa shape index (κ3) is 2.92. The number of carbonyl (C=O) groups excluding carboxylic acids is 1. The number of carbonyl (C=O) groups is 1. The van der Waals surface area contributed by atoms with Crippen molar-refractivity contribution < 1.29 is 4.79 Å². The van der Waals surface area contributed by atoms with Crippen LogP contribution >= 0.6 is 0 Å². The molecule has 1 amide bonds. The molecule has 0 unspecified atom stereocenters. The summed E-state index contributed by atoms with van der Waals surface area (Å²) < 4.78 is 1.87. The summed E-state index contributed by atoms with van der Waals surface area (Å²) in [4.78, 5) is 15.2. The van der Waals surface area contributed by atoms with Crippen molar-refractivity contribution in [3.63, 3.8) is 0 Å². The highest BCUT2D eigenvalue weighted by Gasteiger charge is 2.35. The predicted molar refractivity (Wildman–Crippen MR) is 87.9 cm³/mol. The molecule has 2 aliphatic rings. The van der Waals surface area contributed by atoms with Gasteiger partial charge in [-0.05, 0) is 43.6 Å². The summed E-state index contributed by atoms with van der Waals surface area (Å²) >= 11 is 0. The number of aromatic nitrogens is 2. The standard InChI is InChI=1S/C18H29N3O/c1-13(2)17-12-15(19-20(17)3)18(22)21-11-7-6-9-14-8-4-5-10-16(14)21/h12-14,16H,4-11H2,1-3H3/t14-,16-/m1/s1. The van der Waals surface area contributed by atoms with Gasteiger partial charge in [0, 0.05) is 25.3 Å². The van der Waals surface area contributed by atoms with E-state index in [0.717, 1.165) is 18.7 Å². The first-order valence-electron chi connectivity index (χ1n) is 8.93. The molecule has 4 nitrogen and oxygen atoms in total. The molecular formula is C18H29N3O. The van der Waals surface area contributed by atoms with E-state index in [2.05, 4.69) is 23.8 Å². The Morgan fingerprint density at radius 3 is 2.55 bits per heavy atom. The smallest absolute Gasteiger partial charge is 0.274 e. The van der Waals surface area contributed by atoms with Crippen LogP contribution in [0.1, 0.15) is 80.9 Å². The summed E-state index contributed by atoms with van der Waals surface area (Å²) in [5.41, 5.74) is 1.77. The minimum absolute atomic E-state index is 0.154. The second-order valence-corrected chi connectivity index (χ2v) is 7.34. The monoisotopic (exact) mass is 303 g/mol. The Morgan fingerprint density at radius 2 is 1.86 bits per heavy atom. The predicted octanol–water partition coefficient (Wildman–Crippen LogP) is 3.73. The van der Waals surface area contributed by atoms with Crippen molar-refractivity contribution in [2.75, 3.05) is 6.54 Å². The van der Waals surface area contributed by atoms with E-state index in [0.29, 0.717) is 23.6 Å². The normalized spacial score (nSPS) is 25.9. The number of fused-ring (bicyclic) bond motifs is 1.